The highest BCUT2D eigenvalue weighted by atomic mass is 35.5. The number of carbonyl (C=O) groups is 1. The predicted octanol–water partition coefficient (Wildman–Crippen LogP) is 5.96. The van der Waals surface area contributed by atoms with Crippen LogP contribution in [0.4, 0.5) is 21.9 Å². The summed E-state index contributed by atoms with van der Waals surface area (Å²) >= 11 is 10.7. The van der Waals surface area contributed by atoms with Crippen molar-refractivity contribution in [3.63, 3.8) is 0 Å². The SMILES string of the molecule is CN(C(=O)Oc1ccc(N(c2cc(Cl)sc2Cl)S(=O)O)cc1)c1ccccc1. The average molecular weight is 457 g/mol. The molecule has 28 heavy (non-hydrogen) atoms. The summed E-state index contributed by atoms with van der Waals surface area (Å²) in [5, 5.41) is 0. The molecule has 3 aromatic rings. The number of carbonyl (C=O) groups excluding carboxylic acids is 1. The molecular weight excluding hydrogens is 443 g/mol. The van der Waals surface area contributed by atoms with E-state index in [1.54, 1.807) is 31.3 Å². The van der Waals surface area contributed by atoms with Gasteiger partial charge in [0.25, 0.3) is 11.3 Å². The zero-order valence-corrected chi connectivity index (χ0v) is 17.6. The van der Waals surface area contributed by atoms with Crippen LogP contribution in [0.25, 0.3) is 0 Å². The van der Waals surface area contributed by atoms with Crippen LogP contribution in [-0.4, -0.2) is 21.9 Å². The molecule has 0 spiro atoms. The molecular formula is C18H14Cl2N2O4S2. The number of amides is 1. The molecule has 0 aliphatic carbocycles. The number of ether oxygens (including phenoxy) is 1. The molecule has 1 N–H and O–H groups in total. The van der Waals surface area contributed by atoms with Gasteiger partial charge < -0.3 is 4.74 Å². The maximum Gasteiger partial charge on any atom is 0.419 e. The van der Waals surface area contributed by atoms with E-state index in [4.69, 9.17) is 27.9 Å². The van der Waals surface area contributed by atoms with Crippen molar-refractivity contribution in [2.75, 3.05) is 16.3 Å². The molecule has 0 radical (unpaired) electrons. The van der Waals surface area contributed by atoms with E-state index in [2.05, 4.69) is 0 Å². The molecule has 0 bridgehead atoms. The summed E-state index contributed by atoms with van der Waals surface area (Å²) in [6, 6.07) is 16.7. The molecule has 1 aromatic heterocycles. The molecule has 146 valence electrons. The molecule has 1 atom stereocenters. The van der Waals surface area contributed by atoms with Gasteiger partial charge in [0.2, 0.25) is 0 Å². The van der Waals surface area contributed by atoms with Gasteiger partial charge in [-0.05, 0) is 42.5 Å². The van der Waals surface area contributed by atoms with Crippen molar-refractivity contribution >= 4 is 69.0 Å². The van der Waals surface area contributed by atoms with E-state index < -0.39 is 17.4 Å². The Bertz CT molecular complexity index is 997. The first kappa shape index (κ1) is 20.6. The van der Waals surface area contributed by atoms with Crippen LogP contribution in [0.3, 0.4) is 0 Å². The maximum absolute atomic E-state index is 12.3. The number of para-hydroxylation sites is 1. The van der Waals surface area contributed by atoms with E-state index in [1.807, 2.05) is 18.2 Å². The first-order valence-electron chi connectivity index (χ1n) is 7.83. The molecule has 3 rings (SSSR count). The smallest absolute Gasteiger partial charge is 0.410 e. The van der Waals surface area contributed by atoms with Crippen molar-refractivity contribution in [2.45, 2.75) is 0 Å². The van der Waals surface area contributed by atoms with Gasteiger partial charge in [-0.15, -0.1) is 11.3 Å². The highest BCUT2D eigenvalue weighted by Gasteiger charge is 2.21. The van der Waals surface area contributed by atoms with E-state index in [-0.39, 0.29) is 10.1 Å². The Morgan fingerprint density at radius 1 is 1.07 bits per heavy atom. The van der Waals surface area contributed by atoms with Gasteiger partial charge in [-0.1, -0.05) is 41.4 Å². The Hall–Kier alpha value is -2.10. The van der Waals surface area contributed by atoms with Crippen LogP contribution < -0.4 is 13.9 Å². The molecule has 0 aliphatic rings. The maximum atomic E-state index is 12.3. The average Bonchev–Trinajstić information content (AvgIpc) is 3.00. The molecule has 0 fully saturated rings. The molecule has 2 aromatic carbocycles. The molecule has 6 nitrogen and oxygen atoms in total. The number of hydrogen-bond acceptors (Lipinski definition) is 4. The lowest BCUT2D eigenvalue weighted by molar-refractivity contribution is 0.209. The minimum absolute atomic E-state index is 0.285. The van der Waals surface area contributed by atoms with Crippen molar-refractivity contribution in [1.29, 1.82) is 0 Å². The molecule has 0 saturated heterocycles. The van der Waals surface area contributed by atoms with Gasteiger partial charge in [0.15, 0.2) is 0 Å². The van der Waals surface area contributed by atoms with Crippen LogP contribution in [0.15, 0.2) is 60.7 Å². The third-order valence-electron chi connectivity index (χ3n) is 3.71. The normalized spacial score (nSPS) is 11.7. The standard InChI is InChI=1S/C18H14Cl2N2O4S2/c1-21(12-5-3-2-4-6-12)18(23)26-14-9-7-13(8-10-14)22(28(24)25)15-11-16(19)27-17(15)20/h2-11H,1H3,(H,24,25). The minimum atomic E-state index is -2.37. The number of anilines is 3. The molecule has 1 heterocycles. The number of rotatable bonds is 5. The van der Waals surface area contributed by atoms with Gasteiger partial charge in [-0.3, -0.25) is 9.45 Å². The predicted molar refractivity (Wildman–Crippen MR) is 115 cm³/mol. The fraction of sp³-hybridized carbons (Fsp3) is 0.0556. The lowest BCUT2D eigenvalue weighted by atomic mass is 10.3. The van der Waals surface area contributed by atoms with Crippen LogP contribution in [0, 0.1) is 0 Å². The molecule has 0 aliphatic heterocycles. The van der Waals surface area contributed by atoms with Gasteiger partial charge in [-0.2, -0.15) is 0 Å². The zero-order valence-electron chi connectivity index (χ0n) is 14.4. The second-order valence-corrected chi connectivity index (χ2v) is 8.60. The number of halogens is 2. The summed E-state index contributed by atoms with van der Waals surface area (Å²) in [5.41, 5.74) is 1.38. The Balaban J connectivity index is 1.78. The molecule has 0 saturated carbocycles. The highest BCUT2D eigenvalue weighted by Crippen LogP contribution is 2.41. The lowest BCUT2D eigenvalue weighted by Gasteiger charge is -2.20. The largest absolute Gasteiger partial charge is 0.419 e. The summed E-state index contributed by atoms with van der Waals surface area (Å²) in [4.78, 5) is 13.7. The van der Waals surface area contributed by atoms with Crippen LogP contribution in [0.5, 0.6) is 5.75 Å². The number of hydrogen-bond donors (Lipinski definition) is 1. The minimum Gasteiger partial charge on any atom is -0.410 e. The molecule has 1 unspecified atom stereocenters. The van der Waals surface area contributed by atoms with Crippen LogP contribution in [0.1, 0.15) is 0 Å². The summed E-state index contributed by atoms with van der Waals surface area (Å²) < 4.78 is 28.6. The summed E-state index contributed by atoms with van der Waals surface area (Å²) in [5.74, 6) is 0.287. The van der Waals surface area contributed by atoms with Crippen LogP contribution >= 0.6 is 34.5 Å². The van der Waals surface area contributed by atoms with Gasteiger partial charge in [0, 0.05) is 12.7 Å². The van der Waals surface area contributed by atoms with E-state index >= 15 is 0 Å². The Kier molecular flexibility index (Phi) is 6.58. The summed E-state index contributed by atoms with van der Waals surface area (Å²) in [6.45, 7) is 0. The van der Waals surface area contributed by atoms with E-state index in [0.29, 0.717) is 21.4 Å². The molecule has 1 amide bonds. The summed E-state index contributed by atoms with van der Waals surface area (Å²) in [7, 11) is 1.60. The zero-order chi connectivity index (χ0) is 20.3. The van der Waals surface area contributed by atoms with Crippen molar-refractivity contribution in [3.8, 4) is 5.75 Å². The number of thiophene rings is 1. The quantitative estimate of drug-likeness (QED) is 0.480. The highest BCUT2D eigenvalue weighted by molar-refractivity contribution is 7.81. The second kappa shape index (κ2) is 8.93. The Morgan fingerprint density at radius 2 is 1.71 bits per heavy atom. The first-order chi connectivity index (χ1) is 13.4. The lowest BCUT2D eigenvalue weighted by Crippen LogP contribution is -2.29. The van der Waals surface area contributed by atoms with E-state index in [9.17, 15) is 13.6 Å². The van der Waals surface area contributed by atoms with Gasteiger partial charge in [-0.25, -0.2) is 13.3 Å². The van der Waals surface area contributed by atoms with Gasteiger partial charge in [0.1, 0.15) is 10.1 Å². The van der Waals surface area contributed by atoms with E-state index in [1.165, 1.54) is 23.1 Å². The number of benzene rings is 2. The fourth-order valence-electron chi connectivity index (χ4n) is 2.36. The van der Waals surface area contributed by atoms with Crippen LogP contribution in [-0.2, 0) is 11.3 Å². The second-order valence-electron chi connectivity index (χ2n) is 5.49. The third-order valence-corrected chi connectivity index (χ3v) is 5.89. The fourth-order valence-corrected chi connectivity index (χ4v) is 4.52. The monoisotopic (exact) mass is 456 g/mol. The van der Waals surface area contributed by atoms with Crippen molar-refractivity contribution in [3.05, 3.63) is 69.3 Å². The third kappa shape index (κ3) is 4.65. The van der Waals surface area contributed by atoms with Crippen LogP contribution in [0.2, 0.25) is 8.67 Å². The number of nitrogens with zero attached hydrogens (tertiary/aromatic N) is 2. The van der Waals surface area contributed by atoms with Gasteiger partial charge in [0.05, 0.1) is 15.7 Å². The molecule has 10 heteroatoms. The van der Waals surface area contributed by atoms with Crippen molar-refractivity contribution in [1.82, 2.24) is 0 Å². The Morgan fingerprint density at radius 3 is 2.25 bits per heavy atom. The van der Waals surface area contributed by atoms with Gasteiger partial charge >= 0.3 is 6.09 Å². The first-order valence-corrected chi connectivity index (χ1v) is 10.5. The van der Waals surface area contributed by atoms with Crippen molar-refractivity contribution in [2.24, 2.45) is 0 Å². The summed E-state index contributed by atoms with van der Waals surface area (Å²) in [6.07, 6.45) is -0.561. The topological polar surface area (TPSA) is 70.1 Å². The van der Waals surface area contributed by atoms with E-state index in [0.717, 1.165) is 15.6 Å². The van der Waals surface area contributed by atoms with Crippen molar-refractivity contribution < 1.29 is 18.3 Å². The Labute approximate surface area is 178 Å².